The lowest BCUT2D eigenvalue weighted by Crippen LogP contribution is -2.13. The van der Waals surface area contributed by atoms with Crippen LogP contribution in [0.2, 0.25) is 0 Å². The van der Waals surface area contributed by atoms with Gasteiger partial charge in [0.15, 0.2) is 13.6 Å². The fraction of sp³-hybridized carbons (Fsp3) is 0.373. The molecule has 0 unspecified atom stereocenters. The zero-order valence-electron chi connectivity index (χ0n) is 29.9. The van der Waals surface area contributed by atoms with Gasteiger partial charge in [-0.05, 0) is 145 Å². The van der Waals surface area contributed by atoms with Crippen LogP contribution in [0.3, 0.4) is 0 Å². The molecule has 8 rings (SSSR count). The first-order valence-electron chi connectivity index (χ1n) is 18.1. The summed E-state index contributed by atoms with van der Waals surface area (Å²) in [6.45, 7) is 4.81. The van der Waals surface area contributed by atoms with Gasteiger partial charge < -0.3 is 18.9 Å². The maximum absolute atomic E-state index is 5.96. The van der Waals surface area contributed by atoms with E-state index in [4.69, 9.17) is 18.9 Å². The van der Waals surface area contributed by atoms with Gasteiger partial charge in [-0.2, -0.15) is 0 Å². The van der Waals surface area contributed by atoms with Crippen molar-refractivity contribution in [3.8, 4) is 33.8 Å². The van der Waals surface area contributed by atoms with Gasteiger partial charge in [0, 0.05) is 30.9 Å². The molecule has 0 aliphatic heterocycles. The van der Waals surface area contributed by atoms with Crippen LogP contribution < -0.4 is 9.47 Å². The maximum atomic E-state index is 5.96. The lowest BCUT2D eigenvalue weighted by Gasteiger charge is -2.28. The molecule has 4 nitrogen and oxygen atoms in total. The van der Waals surface area contributed by atoms with Crippen LogP contribution in [0.4, 0.5) is 0 Å². The van der Waals surface area contributed by atoms with Gasteiger partial charge in [-0.1, -0.05) is 115 Å². The molecule has 0 aromatic heterocycles. The smallest absolute Gasteiger partial charge is 0.188 e. The van der Waals surface area contributed by atoms with Crippen molar-refractivity contribution in [2.75, 3.05) is 27.8 Å². The summed E-state index contributed by atoms with van der Waals surface area (Å²) in [5.41, 5.74) is 13.9. The van der Waals surface area contributed by atoms with Crippen LogP contribution in [-0.4, -0.2) is 27.8 Å². The van der Waals surface area contributed by atoms with Crippen molar-refractivity contribution in [3.05, 3.63) is 130 Å². The van der Waals surface area contributed by atoms with Crippen LogP contribution >= 0.6 is 0 Å². The minimum Gasteiger partial charge on any atom is -0.467 e. The number of ether oxygens (including phenoxy) is 4. The van der Waals surface area contributed by atoms with E-state index >= 15 is 0 Å². The second-order valence-electron chi connectivity index (χ2n) is 13.7. The Balaban J connectivity index is 0.000000348. The van der Waals surface area contributed by atoms with Crippen molar-refractivity contribution in [1.29, 1.82) is 0 Å². The highest BCUT2D eigenvalue weighted by Gasteiger charge is 2.25. The summed E-state index contributed by atoms with van der Waals surface area (Å²) in [5.74, 6) is 1.80. The SMILES string of the molecule is C.C.C.C.C.COCOc1ccc(C)cc1-c1c2c(cc3c1CCCC3)CCCC2.COCOc1ccc(C)cc1-c1c2ccccc2cc2ccccc12. The first-order valence-corrected chi connectivity index (χ1v) is 18.1. The molecule has 6 aromatic rings. The Bertz CT molecular complexity index is 2040. The van der Waals surface area contributed by atoms with Crippen molar-refractivity contribution >= 4 is 21.5 Å². The van der Waals surface area contributed by atoms with Crippen LogP contribution in [0.25, 0.3) is 43.8 Å². The van der Waals surface area contributed by atoms with Gasteiger partial charge in [0.05, 0.1) is 0 Å². The van der Waals surface area contributed by atoms with Gasteiger partial charge >= 0.3 is 0 Å². The molecule has 55 heavy (non-hydrogen) atoms. The maximum Gasteiger partial charge on any atom is 0.188 e. The second-order valence-corrected chi connectivity index (χ2v) is 13.7. The molecule has 0 heterocycles. The van der Waals surface area contributed by atoms with Crippen molar-refractivity contribution in [2.45, 2.75) is 102 Å². The van der Waals surface area contributed by atoms with Crippen molar-refractivity contribution < 1.29 is 18.9 Å². The topological polar surface area (TPSA) is 36.9 Å². The lowest BCUT2D eigenvalue weighted by molar-refractivity contribution is 0.0514. The highest BCUT2D eigenvalue weighted by atomic mass is 16.7. The van der Waals surface area contributed by atoms with E-state index in [1.807, 2.05) is 6.07 Å². The molecule has 2 aliphatic carbocycles. The zero-order chi connectivity index (χ0) is 34.5. The fourth-order valence-electron chi connectivity index (χ4n) is 7.94. The minimum atomic E-state index is 0. The number of benzene rings is 6. The molecule has 2 aliphatic rings. The van der Waals surface area contributed by atoms with E-state index in [9.17, 15) is 0 Å². The molecule has 0 N–H and O–H groups in total. The standard InChI is InChI=1S/C23H28O2.C23H20O2.5CH4/c2*1-16-11-12-22(25-15-24-2)21(13-16)23-19-9-5-3-7-17(19)14-18-8-4-6-10-20(18)23;;;;;/h11-14H,3-10,15H2,1-2H3;3-14H,15H2,1-2H3;5*1H4. The number of hydrogen-bond donors (Lipinski definition) is 0. The molecule has 0 bridgehead atoms. The van der Waals surface area contributed by atoms with E-state index in [1.165, 1.54) is 101 Å². The molecule has 0 saturated heterocycles. The second kappa shape index (κ2) is 21.5. The first-order chi connectivity index (χ1) is 24.6. The Morgan fingerprint density at radius 2 is 0.873 bits per heavy atom. The van der Waals surface area contributed by atoms with Crippen LogP contribution in [0.1, 0.15) is 96.2 Å². The largest absolute Gasteiger partial charge is 0.467 e. The Kier molecular flexibility index (Phi) is 18.1. The Morgan fingerprint density at radius 3 is 1.33 bits per heavy atom. The summed E-state index contributed by atoms with van der Waals surface area (Å²) in [5, 5.41) is 4.92. The summed E-state index contributed by atoms with van der Waals surface area (Å²) in [7, 11) is 3.32. The predicted molar refractivity (Wildman–Crippen MR) is 240 cm³/mol. The highest BCUT2D eigenvalue weighted by molar-refractivity contribution is 6.13. The zero-order valence-corrected chi connectivity index (χ0v) is 29.9. The van der Waals surface area contributed by atoms with E-state index in [0.29, 0.717) is 6.79 Å². The van der Waals surface area contributed by atoms with Gasteiger partial charge in [-0.15, -0.1) is 0 Å². The van der Waals surface area contributed by atoms with Crippen LogP contribution in [0.15, 0.2) is 97.1 Å². The lowest BCUT2D eigenvalue weighted by atomic mass is 9.77. The molecular formula is C51H68O4. The molecule has 296 valence electrons. The molecular weight excluding hydrogens is 677 g/mol. The van der Waals surface area contributed by atoms with E-state index < -0.39 is 0 Å². The van der Waals surface area contributed by atoms with E-state index in [0.717, 1.165) is 17.1 Å². The molecule has 0 saturated carbocycles. The highest BCUT2D eigenvalue weighted by Crippen LogP contribution is 2.44. The summed E-state index contributed by atoms with van der Waals surface area (Å²) in [6.07, 6.45) is 10.1. The third-order valence-electron chi connectivity index (χ3n) is 10.2. The van der Waals surface area contributed by atoms with Crippen molar-refractivity contribution in [3.63, 3.8) is 0 Å². The molecule has 0 radical (unpaired) electrons. The molecule has 0 amide bonds. The third kappa shape index (κ3) is 9.97. The Hall–Kier alpha value is -4.64. The van der Waals surface area contributed by atoms with Crippen LogP contribution in [0.5, 0.6) is 11.5 Å². The van der Waals surface area contributed by atoms with Crippen LogP contribution in [0, 0.1) is 13.8 Å². The number of fused-ring (bicyclic) bond motifs is 4. The quantitative estimate of drug-likeness (QED) is 0.115. The minimum absolute atomic E-state index is 0. The van der Waals surface area contributed by atoms with E-state index in [1.54, 1.807) is 36.5 Å². The summed E-state index contributed by atoms with van der Waals surface area (Å²) >= 11 is 0. The molecule has 6 aromatic carbocycles. The number of methoxy groups -OCH3 is 2. The molecule has 0 spiro atoms. The van der Waals surface area contributed by atoms with Gasteiger partial charge in [0.25, 0.3) is 0 Å². The average molecular weight is 745 g/mol. The van der Waals surface area contributed by atoms with Gasteiger partial charge in [-0.3, -0.25) is 0 Å². The van der Waals surface area contributed by atoms with Crippen molar-refractivity contribution in [2.24, 2.45) is 0 Å². The number of hydrogen-bond acceptors (Lipinski definition) is 4. The summed E-state index contributed by atoms with van der Waals surface area (Å²) in [6, 6.07) is 34.7. The van der Waals surface area contributed by atoms with Gasteiger partial charge in [0.1, 0.15) is 11.5 Å². The van der Waals surface area contributed by atoms with Gasteiger partial charge in [0.2, 0.25) is 0 Å². The number of rotatable bonds is 8. The first kappa shape index (κ1) is 46.5. The predicted octanol–water partition coefficient (Wildman–Crippen LogP) is 14.5. The third-order valence-corrected chi connectivity index (χ3v) is 10.2. The molecule has 0 atom stereocenters. The van der Waals surface area contributed by atoms with E-state index in [2.05, 4.69) is 105 Å². The normalized spacial score (nSPS) is 12.4. The van der Waals surface area contributed by atoms with Crippen molar-refractivity contribution in [1.82, 2.24) is 0 Å². The van der Waals surface area contributed by atoms with Gasteiger partial charge in [-0.25, -0.2) is 0 Å². The molecule has 4 heteroatoms. The molecule has 0 fully saturated rings. The number of aryl methyl sites for hydroxylation is 4. The monoisotopic (exact) mass is 745 g/mol. The Morgan fingerprint density at radius 1 is 0.455 bits per heavy atom. The van der Waals surface area contributed by atoms with Crippen LogP contribution in [-0.2, 0) is 35.2 Å². The summed E-state index contributed by atoms with van der Waals surface area (Å²) in [4.78, 5) is 0. The summed E-state index contributed by atoms with van der Waals surface area (Å²) < 4.78 is 22.1. The average Bonchev–Trinajstić information content (AvgIpc) is 3.15. The van der Waals surface area contributed by atoms with E-state index in [-0.39, 0.29) is 43.9 Å². The fourth-order valence-corrected chi connectivity index (χ4v) is 7.94. The Labute approximate surface area is 333 Å².